The zero-order valence-electron chi connectivity index (χ0n) is 24.0. The number of amides is 1. The van der Waals surface area contributed by atoms with Crippen LogP contribution >= 0.6 is 7.26 Å². The minimum Gasteiger partial charge on any atom is -0.456 e. The molecule has 0 bridgehead atoms. The maximum atomic E-state index is 14.7. The molecule has 2 atom stereocenters. The Morgan fingerprint density at radius 3 is 1.77 bits per heavy atom. The van der Waals surface area contributed by atoms with E-state index in [-0.39, 0.29) is 42.4 Å². The first-order chi connectivity index (χ1) is 20.7. The summed E-state index contributed by atoms with van der Waals surface area (Å²) in [6.07, 6.45) is 0.184. The number of nitro benzene ring substituents is 1. The van der Waals surface area contributed by atoms with Gasteiger partial charge >= 0.3 is 5.97 Å². The zero-order valence-corrected chi connectivity index (χ0v) is 24.9. The van der Waals surface area contributed by atoms with Gasteiger partial charge in [0.15, 0.2) is 0 Å². The van der Waals surface area contributed by atoms with Gasteiger partial charge in [0, 0.05) is 12.5 Å². The average molecular weight is 596 g/mol. The summed E-state index contributed by atoms with van der Waals surface area (Å²) in [6, 6.07) is 35.0. The van der Waals surface area contributed by atoms with Crippen molar-refractivity contribution >= 4 is 46.5 Å². The molecular formula is C34H32N2O6P+. The van der Waals surface area contributed by atoms with Gasteiger partial charge in [-0.15, -0.1) is 0 Å². The van der Waals surface area contributed by atoms with Crippen LogP contribution in [-0.2, 0) is 25.7 Å². The number of ether oxygens (including phenoxy) is 1. The standard InChI is InChI=1S/C34H32N2O6P/c1-25(37)22-34(2)23-31(38)35(34)32(33(39)42-24-26-14-12-13-21-30(26)36(40)41)43(27-15-6-3-7-16-27,28-17-8-4-9-18-28)29-19-10-5-11-20-29/h3-21,32H,22-24H2,1-2H3/q+1. The molecule has 5 rings (SSSR count). The molecule has 4 aromatic rings. The predicted molar refractivity (Wildman–Crippen MR) is 167 cm³/mol. The molecule has 0 spiro atoms. The number of hydrogen-bond donors (Lipinski definition) is 0. The highest BCUT2D eigenvalue weighted by molar-refractivity contribution is 7.96. The van der Waals surface area contributed by atoms with Crippen LogP contribution in [0.5, 0.6) is 0 Å². The van der Waals surface area contributed by atoms with Gasteiger partial charge < -0.3 is 4.74 Å². The molecule has 1 aliphatic heterocycles. The van der Waals surface area contributed by atoms with E-state index >= 15 is 0 Å². The molecule has 0 radical (unpaired) electrons. The Balaban J connectivity index is 1.76. The van der Waals surface area contributed by atoms with E-state index in [1.165, 1.54) is 13.0 Å². The molecule has 218 valence electrons. The van der Waals surface area contributed by atoms with Crippen LogP contribution in [0.4, 0.5) is 5.69 Å². The van der Waals surface area contributed by atoms with Gasteiger partial charge in [0.2, 0.25) is 5.91 Å². The molecule has 0 saturated carbocycles. The molecule has 1 fully saturated rings. The summed E-state index contributed by atoms with van der Waals surface area (Å²) in [4.78, 5) is 53.5. The Bertz CT molecular complexity index is 1550. The molecule has 4 aromatic carbocycles. The summed E-state index contributed by atoms with van der Waals surface area (Å²) in [5.41, 5.74) is -0.845. The van der Waals surface area contributed by atoms with Crippen LogP contribution < -0.4 is 15.9 Å². The van der Waals surface area contributed by atoms with Gasteiger partial charge in [0.25, 0.3) is 11.5 Å². The van der Waals surface area contributed by atoms with E-state index < -0.39 is 29.5 Å². The monoisotopic (exact) mass is 595 g/mol. The maximum Gasteiger partial charge on any atom is 0.370 e. The normalized spacial score (nSPS) is 17.1. The average Bonchev–Trinajstić information content (AvgIpc) is 3.01. The number of β-lactam (4-membered cyclic amide) rings is 1. The summed E-state index contributed by atoms with van der Waals surface area (Å²) < 4.78 is 5.96. The van der Waals surface area contributed by atoms with Crippen molar-refractivity contribution in [1.29, 1.82) is 0 Å². The molecule has 1 heterocycles. The number of esters is 1. The minimum absolute atomic E-state index is 0.0745. The molecule has 0 N–H and O–H groups in total. The van der Waals surface area contributed by atoms with E-state index in [0.717, 1.165) is 15.9 Å². The van der Waals surface area contributed by atoms with Crippen molar-refractivity contribution in [2.45, 2.75) is 44.6 Å². The molecule has 1 amide bonds. The fourth-order valence-electron chi connectivity index (χ4n) is 6.15. The van der Waals surface area contributed by atoms with Gasteiger partial charge in [-0.1, -0.05) is 66.7 Å². The maximum absolute atomic E-state index is 14.7. The van der Waals surface area contributed by atoms with Crippen LogP contribution in [0, 0.1) is 10.1 Å². The van der Waals surface area contributed by atoms with Gasteiger partial charge in [-0.05, 0) is 56.3 Å². The number of carbonyl (C=O) groups is 3. The van der Waals surface area contributed by atoms with E-state index in [1.54, 1.807) is 23.1 Å². The van der Waals surface area contributed by atoms with Crippen molar-refractivity contribution in [3.05, 3.63) is 131 Å². The van der Waals surface area contributed by atoms with E-state index in [0.29, 0.717) is 0 Å². The number of Topliss-reactive ketones (excluding diaryl/α,β-unsaturated/α-hetero) is 1. The van der Waals surface area contributed by atoms with E-state index in [4.69, 9.17) is 4.74 Å². The van der Waals surface area contributed by atoms with Gasteiger partial charge in [-0.25, -0.2) is 4.79 Å². The first-order valence-electron chi connectivity index (χ1n) is 13.9. The summed E-state index contributed by atoms with van der Waals surface area (Å²) in [6.45, 7) is 2.95. The largest absolute Gasteiger partial charge is 0.456 e. The van der Waals surface area contributed by atoms with E-state index in [9.17, 15) is 24.5 Å². The van der Waals surface area contributed by atoms with E-state index in [2.05, 4.69) is 0 Å². The Kier molecular flexibility index (Phi) is 8.51. The number of carbonyl (C=O) groups excluding carboxylic acids is 3. The van der Waals surface area contributed by atoms with E-state index in [1.807, 2.05) is 97.9 Å². The first kappa shape index (κ1) is 29.8. The quantitative estimate of drug-likeness (QED) is 0.0801. The highest BCUT2D eigenvalue weighted by atomic mass is 31.2. The van der Waals surface area contributed by atoms with Gasteiger partial charge in [-0.3, -0.25) is 24.6 Å². The van der Waals surface area contributed by atoms with Crippen LogP contribution in [0.15, 0.2) is 115 Å². The highest BCUT2D eigenvalue weighted by Crippen LogP contribution is 2.63. The number of benzene rings is 4. The number of likely N-dealkylation sites (tertiary alicyclic amines) is 1. The molecule has 1 aliphatic rings. The molecule has 43 heavy (non-hydrogen) atoms. The lowest BCUT2D eigenvalue weighted by atomic mass is 9.81. The zero-order chi connectivity index (χ0) is 30.6. The second-order valence-corrected chi connectivity index (χ2v) is 14.4. The van der Waals surface area contributed by atoms with Crippen molar-refractivity contribution in [3.8, 4) is 0 Å². The topological polar surface area (TPSA) is 107 Å². The number of rotatable bonds is 11. The molecule has 1 saturated heterocycles. The van der Waals surface area contributed by atoms with Crippen molar-refractivity contribution < 1.29 is 24.0 Å². The van der Waals surface area contributed by atoms with Crippen molar-refractivity contribution in [1.82, 2.24) is 4.90 Å². The lowest BCUT2D eigenvalue weighted by Crippen LogP contribution is -2.69. The smallest absolute Gasteiger partial charge is 0.370 e. The third kappa shape index (κ3) is 5.58. The Morgan fingerprint density at radius 2 is 1.33 bits per heavy atom. The second kappa shape index (κ2) is 12.3. The fourth-order valence-corrected chi connectivity index (χ4v) is 11.0. The third-order valence-corrected chi connectivity index (χ3v) is 12.4. The fraction of sp³-hybridized carbons (Fsp3) is 0.206. The summed E-state index contributed by atoms with van der Waals surface area (Å²) in [5, 5.41) is 14.3. The Labute approximate surface area is 250 Å². The van der Waals surface area contributed by atoms with Crippen molar-refractivity contribution in [2.24, 2.45) is 0 Å². The Hall–Kier alpha value is -4.68. The van der Waals surface area contributed by atoms with Gasteiger partial charge in [-0.2, -0.15) is 0 Å². The number of nitrogens with zero attached hydrogens (tertiary/aromatic N) is 2. The summed E-state index contributed by atoms with van der Waals surface area (Å²) >= 11 is 0. The Morgan fingerprint density at radius 1 is 0.860 bits per heavy atom. The summed E-state index contributed by atoms with van der Waals surface area (Å²) in [5.74, 6) is -2.20. The lowest BCUT2D eigenvalue weighted by molar-refractivity contribution is -0.385. The number of hydrogen-bond acceptors (Lipinski definition) is 6. The molecule has 0 aromatic heterocycles. The first-order valence-corrected chi connectivity index (χ1v) is 15.8. The second-order valence-electron chi connectivity index (χ2n) is 10.9. The minimum atomic E-state index is -3.07. The molecular weight excluding hydrogens is 563 g/mol. The molecule has 9 heteroatoms. The number of nitro groups is 1. The number of para-hydroxylation sites is 1. The molecule has 8 nitrogen and oxygen atoms in total. The predicted octanol–water partition coefficient (Wildman–Crippen LogP) is 4.93. The van der Waals surface area contributed by atoms with Crippen molar-refractivity contribution in [3.63, 3.8) is 0 Å². The third-order valence-electron chi connectivity index (χ3n) is 7.88. The van der Waals surface area contributed by atoms with Crippen LogP contribution in [0.1, 0.15) is 32.3 Å². The highest BCUT2D eigenvalue weighted by Gasteiger charge is 2.66. The lowest BCUT2D eigenvalue weighted by Gasteiger charge is -2.53. The van der Waals surface area contributed by atoms with Crippen LogP contribution in [-0.4, -0.2) is 38.8 Å². The van der Waals surface area contributed by atoms with Gasteiger partial charge in [0.1, 0.15) is 35.6 Å². The SMILES string of the molecule is CC(=O)CC1(C)CC(=O)N1C(C(=O)OCc1ccccc1[N+](=O)[O-])[P+](c1ccccc1)(c1ccccc1)c1ccccc1. The van der Waals surface area contributed by atoms with Crippen LogP contribution in [0.3, 0.4) is 0 Å². The van der Waals surface area contributed by atoms with Gasteiger partial charge in [0.05, 0.1) is 22.4 Å². The van der Waals surface area contributed by atoms with Crippen LogP contribution in [0.2, 0.25) is 0 Å². The summed E-state index contributed by atoms with van der Waals surface area (Å²) in [7, 11) is -3.07. The van der Waals surface area contributed by atoms with Crippen molar-refractivity contribution in [2.75, 3.05) is 0 Å². The van der Waals surface area contributed by atoms with Crippen LogP contribution in [0.25, 0.3) is 0 Å². The molecule has 0 aliphatic carbocycles. The molecule has 2 unspecified atom stereocenters. The number of ketones is 1.